The van der Waals surface area contributed by atoms with Crippen LogP contribution in [0.4, 0.5) is 13.6 Å². The van der Waals surface area contributed by atoms with Gasteiger partial charge in [0.15, 0.2) is 0 Å². The first-order chi connectivity index (χ1) is 13.1. The third-order valence-corrected chi connectivity index (χ3v) is 4.60. The van der Waals surface area contributed by atoms with E-state index < -0.39 is 17.2 Å². The van der Waals surface area contributed by atoms with Crippen molar-refractivity contribution in [1.29, 1.82) is 0 Å². The lowest BCUT2D eigenvalue weighted by atomic mass is 10.00. The van der Waals surface area contributed by atoms with Crippen molar-refractivity contribution in [3.8, 4) is 5.75 Å². The van der Waals surface area contributed by atoms with E-state index in [0.717, 1.165) is 11.1 Å². The second-order valence-electron chi connectivity index (χ2n) is 8.03. The largest absolute Gasteiger partial charge is 0.489 e. The van der Waals surface area contributed by atoms with Crippen molar-refractivity contribution in [3.05, 3.63) is 64.2 Å². The molecule has 1 aliphatic heterocycles. The lowest BCUT2D eigenvalue weighted by molar-refractivity contribution is 0.0224. The summed E-state index contributed by atoms with van der Waals surface area (Å²) in [5, 5.41) is 0. The van der Waals surface area contributed by atoms with Crippen molar-refractivity contribution < 1.29 is 23.0 Å². The van der Waals surface area contributed by atoms with Crippen LogP contribution in [0.15, 0.2) is 30.3 Å². The fraction of sp³-hybridized carbons (Fsp3) is 0.409. The summed E-state index contributed by atoms with van der Waals surface area (Å²) < 4.78 is 39.0. The number of carbonyl (C=O) groups is 1. The second-order valence-corrected chi connectivity index (χ2v) is 8.03. The first-order valence-corrected chi connectivity index (χ1v) is 9.30. The maximum atomic E-state index is 14.1. The highest BCUT2D eigenvalue weighted by Gasteiger charge is 2.26. The molecule has 0 bridgehead atoms. The van der Waals surface area contributed by atoms with Gasteiger partial charge in [0, 0.05) is 13.1 Å². The Morgan fingerprint density at radius 3 is 2.61 bits per heavy atom. The average Bonchev–Trinajstić information content (AvgIpc) is 2.63. The molecular weight excluding hydrogens is 364 g/mol. The molecule has 0 saturated carbocycles. The quantitative estimate of drug-likeness (QED) is 0.729. The highest BCUT2D eigenvalue weighted by molar-refractivity contribution is 5.68. The molecule has 0 aromatic heterocycles. The van der Waals surface area contributed by atoms with Crippen LogP contribution in [0.25, 0.3) is 0 Å². The maximum Gasteiger partial charge on any atom is 0.410 e. The Kier molecular flexibility index (Phi) is 5.59. The molecule has 0 radical (unpaired) electrons. The Balaban J connectivity index is 1.67. The Morgan fingerprint density at radius 1 is 1.14 bits per heavy atom. The van der Waals surface area contributed by atoms with Crippen molar-refractivity contribution in [1.82, 2.24) is 4.90 Å². The van der Waals surface area contributed by atoms with Gasteiger partial charge in [-0.2, -0.15) is 0 Å². The molecule has 0 aliphatic carbocycles. The summed E-state index contributed by atoms with van der Waals surface area (Å²) in [5.74, 6) is -0.648. The molecule has 1 heterocycles. The molecule has 150 valence electrons. The molecule has 4 nitrogen and oxygen atoms in total. The zero-order valence-electron chi connectivity index (χ0n) is 16.6. The molecule has 0 spiro atoms. The smallest absolute Gasteiger partial charge is 0.410 e. The first-order valence-electron chi connectivity index (χ1n) is 9.30. The Labute approximate surface area is 164 Å². The van der Waals surface area contributed by atoms with E-state index in [4.69, 9.17) is 9.47 Å². The number of nitrogens with zero attached hydrogens (tertiary/aromatic N) is 1. The number of benzene rings is 2. The van der Waals surface area contributed by atoms with Crippen LogP contribution in [0.1, 0.15) is 43.0 Å². The molecule has 0 N–H and O–H groups in total. The molecular formula is C22H25F2NO3. The fourth-order valence-corrected chi connectivity index (χ4v) is 3.10. The van der Waals surface area contributed by atoms with Gasteiger partial charge in [0.05, 0.1) is 5.56 Å². The standard InChI is InChI=1S/C22H25F2NO3/c1-14-5-8-19(23)18(20(14)24)13-27-17-7-6-16-12-25(10-9-15(16)11-17)21(26)28-22(2,3)4/h5-8,11H,9-10,12-13H2,1-4H3. The first kappa shape index (κ1) is 20.1. The van der Waals surface area contributed by atoms with Crippen molar-refractivity contribution in [2.75, 3.05) is 6.54 Å². The number of rotatable bonds is 3. The number of hydrogen-bond acceptors (Lipinski definition) is 3. The SMILES string of the molecule is Cc1ccc(F)c(COc2ccc3c(c2)CCN(C(=O)OC(C)(C)C)C3)c1F. The van der Waals surface area contributed by atoms with Crippen LogP contribution in [0.5, 0.6) is 5.75 Å². The molecule has 2 aromatic carbocycles. The summed E-state index contributed by atoms with van der Waals surface area (Å²) in [7, 11) is 0. The van der Waals surface area contributed by atoms with Gasteiger partial charge in [0.25, 0.3) is 0 Å². The molecule has 0 saturated heterocycles. The topological polar surface area (TPSA) is 38.8 Å². The molecule has 6 heteroatoms. The zero-order chi connectivity index (χ0) is 20.5. The van der Waals surface area contributed by atoms with E-state index in [-0.39, 0.29) is 18.3 Å². The number of ether oxygens (including phenoxy) is 2. The van der Waals surface area contributed by atoms with E-state index in [9.17, 15) is 13.6 Å². The highest BCUT2D eigenvalue weighted by Crippen LogP contribution is 2.26. The van der Waals surface area contributed by atoms with Gasteiger partial charge in [0.1, 0.15) is 29.6 Å². The number of hydrogen-bond donors (Lipinski definition) is 0. The summed E-state index contributed by atoms with van der Waals surface area (Å²) >= 11 is 0. The summed E-state index contributed by atoms with van der Waals surface area (Å²) in [4.78, 5) is 13.9. The van der Waals surface area contributed by atoms with Crippen molar-refractivity contribution >= 4 is 6.09 Å². The Hall–Kier alpha value is -2.63. The van der Waals surface area contributed by atoms with Crippen molar-refractivity contribution in [2.24, 2.45) is 0 Å². The summed E-state index contributed by atoms with van der Waals surface area (Å²) in [6, 6.07) is 8.15. The number of amides is 1. The predicted molar refractivity (Wildman–Crippen MR) is 102 cm³/mol. The van der Waals surface area contributed by atoms with Gasteiger partial charge in [-0.3, -0.25) is 0 Å². The third kappa shape index (κ3) is 4.61. The van der Waals surface area contributed by atoms with Gasteiger partial charge in [-0.15, -0.1) is 0 Å². The van der Waals surface area contributed by atoms with Gasteiger partial charge in [0.2, 0.25) is 0 Å². The van der Waals surface area contributed by atoms with Crippen molar-refractivity contribution in [3.63, 3.8) is 0 Å². The van der Waals surface area contributed by atoms with E-state index in [1.165, 1.54) is 12.1 Å². The van der Waals surface area contributed by atoms with E-state index >= 15 is 0 Å². The third-order valence-electron chi connectivity index (χ3n) is 4.60. The van der Waals surface area contributed by atoms with E-state index in [1.807, 2.05) is 32.9 Å². The Morgan fingerprint density at radius 2 is 1.89 bits per heavy atom. The molecule has 1 amide bonds. The van der Waals surface area contributed by atoms with Gasteiger partial charge < -0.3 is 14.4 Å². The fourth-order valence-electron chi connectivity index (χ4n) is 3.10. The van der Waals surface area contributed by atoms with E-state index in [0.29, 0.717) is 30.8 Å². The minimum absolute atomic E-state index is 0.0752. The molecule has 0 unspecified atom stereocenters. The maximum absolute atomic E-state index is 14.1. The van der Waals surface area contributed by atoms with Gasteiger partial charge >= 0.3 is 6.09 Å². The molecule has 1 aliphatic rings. The zero-order valence-corrected chi connectivity index (χ0v) is 16.6. The van der Waals surface area contributed by atoms with Crippen LogP contribution in [-0.4, -0.2) is 23.1 Å². The molecule has 3 rings (SSSR count). The van der Waals surface area contributed by atoms with Gasteiger partial charge in [-0.1, -0.05) is 12.1 Å². The van der Waals surface area contributed by atoms with E-state index in [1.54, 1.807) is 17.9 Å². The monoisotopic (exact) mass is 389 g/mol. The van der Waals surface area contributed by atoms with Crippen LogP contribution in [0, 0.1) is 18.6 Å². The lowest BCUT2D eigenvalue weighted by Gasteiger charge is -2.31. The summed E-state index contributed by atoms with van der Waals surface area (Å²) in [5.41, 5.74) is 1.84. The number of fused-ring (bicyclic) bond motifs is 1. The molecule has 28 heavy (non-hydrogen) atoms. The number of halogens is 2. The van der Waals surface area contributed by atoms with Crippen LogP contribution >= 0.6 is 0 Å². The molecule has 2 aromatic rings. The normalized spacial score (nSPS) is 13.9. The van der Waals surface area contributed by atoms with E-state index in [2.05, 4.69) is 0 Å². The molecule has 0 fully saturated rings. The molecule has 0 atom stereocenters. The van der Waals surface area contributed by atoms with Gasteiger partial charge in [-0.25, -0.2) is 13.6 Å². The minimum atomic E-state index is -0.617. The second kappa shape index (κ2) is 7.78. The number of carbonyl (C=O) groups excluding carboxylic acids is 1. The van der Waals surface area contributed by atoms with Crippen LogP contribution < -0.4 is 4.74 Å². The lowest BCUT2D eigenvalue weighted by Crippen LogP contribution is -2.39. The van der Waals surface area contributed by atoms with Crippen LogP contribution in [0.3, 0.4) is 0 Å². The van der Waals surface area contributed by atoms with Crippen LogP contribution in [0.2, 0.25) is 0 Å². The summed E-state index contributed by atoms with van der Waals surface area (Å²) in [6.45, 7) is 7.94. The summed E-state index contributed by atoms with van der Waals surface area (Å²) in [6.07, 6.45) is 0.336. The van der Waals surface area contributed by atoms with Gasteiger partial charge in [-0.05, 0) is 69.0 Å². The number of aryl methyl sites for hydroxylation is 1. The Bertz CT molecular complexity index is 890. The van der Waals surface area contributed by atoms with Crippen LogP contribution in [-0.2, 0) is 24.3 Å². The highest BCUT2D eigenvalue weighted by atomic mass is 19.1. The average molecular weight is 389 g/mol. The predicted octanol–water partition coefficient (Wildman–Crippen LogP) is 5.15. The van der Waals surface area contributed by atoms with Crippen molar-refractivity contribution in [2.45, 2.75) is 52.9 Å². The minimum Gasteiger partial charge on any atom is -0.489 e.